The van der Waals surface area contributed by atoms with E-state index in [1.54, 1.807) is 24.3 Å². The summed E-state index contributed by atoms with van der Waals surface area (Å²) in [7, 11) is 0. The molecule has 5 rings (SSSR count). The van der Waals surface area contributed by atoms with Crippen molar-refractivity contribution in [3.05, 3.63) is 59.7 Å². The monoisotopic (exact) mass is 501 g/mol. The van der Waals surface area contributed by atoms with Gasteiger partial charge in [0.15, 0.2) is 23.3 Å². The molecule has 0 spiro atoms. The first-order valence-electron chi connectivity index (χ1n) is 11.4. The SMILES string of the molecule is N#Cc1ccc(OC[C@H]2CN(c3ccc(N4CCN(c5ccc(C#N)nn5)CC4)c(F)c3)C(=O)O2)nn1. The third kappa shape index (κ3) is 5.16. The van der Waals surface area contributed by atoms with Crippen LogP contribution in [0, 0.1) is 28.5 Å². The van der Waals surface area contributed by atoms with E-state index in [-0.39, 0.29) is 30.4 Å². The predicted molar refractivity (Wildman–Crippen MR) is 127 cm³/mol. The molecule has 0 aliphatic carbocycles. The summed E-state index contributed by atoms with van der Waals surface area (Å²) >= 11 is 0. The maximum atomic E-state index is 15.1. The predicted octanol–water partition coefficient (Wildman–Crippen LogP) is 1.88. The molecular formula is C24H20FN9O3. The Morgan fingerprint density at radius 1 is 0.946 bits per heavy atom. The number of nitrogens with zero attached hydrogens (tertiary/aromatic N) is 9. The minimum atomic E-state index is -0.594. The fraction of sp³-hybridized carbons (Fsp3) is 0.292. The second-order valence-corrected chi connectivity index (χ2v) is 8.29. The standard InChI is InChI=1S/C24H20FN9O3/c25-20-11-18(34-14-19(37-24(34)35)15-36-23-6-2-17(13-27)29-31-23)3-4-21(20)32-7-9-33(10-8-32)22-5-1-16(12-26)28-30-22/h1-6,11,19H,7-10,14-15H2/t19-/m1/s1. The molecule has 186 valence electrons. The Morgan fingerprint density at radius 2 is 1.65 bits per heavy atom. The Kier molecular flexibility index (Phi) is 6.59. The summed E-state index contributed by atoms with van der Waals surface area (Å²) in [5.41, 5.74) is 1.25. The lowest BCUT2D eigenvalue weighted by atomic mass is 10.2. The number of amides is 1. The molecule has 0 saturated carbocycles. The molecule has 4 heterocycles. The Hall–Kier alpha value is -5.04. The van der Waals surface area contributed by atoms with Gasteiger partial charge in [-0.05, 0) is 36.4 Å². The molecule has 13 heteroatoms. The summed E-state index contributed by atoms with van der Waals surface area (Å²) in [6.07, 6.45) is -1.17. The molecule has 2 aliphatic heterocycles. The molecule has 0 bridgehead atoms. The van der Waals surface area contributed by atoms with E-state index in [9.17, 15) is 4.79 Å². The highest BCUT2D eigenvalue weighted by Crippen LogP contribution is 2.29. The van der Waals surface area contributed by atoms with Gasteiger partial charge in [-0.1, -0.05) is 0 Å². The Labute approximate surface area is 211 Å². The third-order valence-electron chi connectivity index (χ3n) is 6.00. The number of nitriles is 2. The molecule has 1 amide bonds. The van der Waals surface area contributed by atoms with Crippen LogP contribution in [0.2, 0.25) is 0 Å². The van der Waals surface area contributed by atoms with Crippen LogP contribution in [0.25, 0.3) is 0 Å². The van der Waals surface area contributed by atoms with Gasteiger partial charge < -0.3 is 19.3 Å². The van der Waals surface area contributed by atoms with Crippen LogP contribution in [0.15, 0.2) is 42.5 Å². The Morgan fingerprint density at radius 3 is 2.27 bits per heavy atom. The van der Waals surface area contributed by atoms with Crippen LogP contribution in [0.5, 0.6) is 5.88 Å². The van der Waals surface area contributed by atoms with E-state index >= 15 is 4.39 Å². The van der Waals surface area contributed by atoms with E-state index < -0.39 is 18.0 Å². The van der Waals surface area contributed by atoms with Gasteiger partial charge in [0.2, 0.25) is 5.88 Å². The quantitative estimate of drug-likeness (QED) is 0.488. The summed E-state index contributed by atoms with van der Waals surface area (Å²) in [5, 5.41) is 33.0. The highest BCUT2D eigenvalue weighted by molar-refractivity contribution is 5.90. The average molecular weight is 501 g/mol. The van der Waals surface area contributed by atoms with Crippen LogP contribution in [0.3, 0.4) is 0 Å². The van der Waals surface area contributed by atoms with Crippen LogP contribution in [0.1, 0.15) is 11.4 Å². The number of piperazine rings is 1. The fourth-order valence-electron chi connectivity index (χ4n) is 4.10. The van der Waals surface area contributed by atoms with Gasteiger partial charge in [-0.3, -0.25) is 4.90 Å². The van der Waals surface area contributed by atoms with Crippen LogP contribution in [-0.2, 0) is 4.74 Å². The van der Waals surface area contributed by atoms with Gasteiger partial charge in [-0.15, -0.1) is 20.4 Å². The summed E-state index contributed by atoms with van der Waals surface area (Å²) in [4.78, 5) is 17.7. The highest BCUT2D eigenvalue weighted by Gasteiger charge is 2.33. The van der Waals surface area contributed by atoms with Crippen molar-refractivity contribution in [3.63, 3.8) is 0 Å². The second kappa shape index (κ2) is 10.3. The summed E-state index contributed by atoms with van der Waals surface area (Å²) in [6.45, 7) is 2.60. The van der Waals surface area contributed by atoms with Gasteiger partial charge in [-0.2, -0.15) is 10.5 Å². The van der Waals surface area contributed by atoms with Gasteiger partial charge >= 0.3 is 6.09 Å². The van der Waals surface area contributed by atoms with Crippen molar-refractivity contribution >= 4 is 23.3 Å². The molecule has 0 radical (unpaired) electrons. The van der Waals surface area contributed by atoms with Crippen molar-refractivity contribution in [1.29, 1.82) is 10.5 Å². The molecule has 37 heavy (non-hydrogen) atoms. The van der Waals surface area contributed by atoms with Gasteiger partial charge in [0.25, 0.3) is 0 Å². The number of hydrogen-bond donors (Lipinski definition) is 0. The molecule has 3 aromatic rings. The van der Waals surface area contributed by atoms with Crippen LogP contribution in [0.4, 0.5) is 26.4 Å². The van der Waals surface area contributed by atoms with Crippen LogP contribution >= 0.6 is 0 Å². The van der Waals surface area contributed by atoms with Gasteiger partial charge in [0.1, 0.15) is 24.6 Å². The number of rotatable bonds is 6. The fourth-order valence-corrected chi connectivity index (χ4v) is 4.10. The number of halogens is 1. The Balaban J connectivity index is 1.17. The summed E-state index contributed by atoms with van der Waals surface area (Å²) in [5.74, 6) is 0.437. The molecule has 0 unspecified atom stereocenters. The smallest absolute Gasteiger partial charge is 0.414 e. The van der Waals surface area contributed by atoms with E-state index in [1.165, 1.54) is 23.1 Å². The lowest BCUT2D eigenvalue weighted by Crippen LogP contribution is -2.47. The van der Waals surface area contributed by atoms with Crippen LogP contribution in [-0.4, -0.2) is 71.9 Å². The number of aromatic nitrogens is 4. The van der Waals surface area contributed by atoms with Crippen molar-refractivity contribution in [2.24, 2.45) is 0 Å². The number of hydrogen-bond acceptors (Lipinski definition) is 11. The lowest BCUT2D eigenvalue weighted by molar-refractivity contribution is 0.103. The van der Waals surface area contributed by atoms with E-state index in [0.29, 0.717) is 43.4 Å². The van der Waals surface area contributed by atoms with Gasteiger partial charge in [0, 0.05) is 32.2 Å². The first kappa shape index (κ1) is 23.7. The van der Waals surface area contributed by atoms with Crippen LogP contribution < -0.4 is 19.4 Å². The van der Waals surface area contributed by atoms with Crippen molar-refractivity contribution in [1.82, 2.24) is 20.4 Å². The van der Waals surface area contributed by atoms with Crippen molar-refractivity contribution in [3.8, 4) is 18.0 Å². The number of anilines is 3. The molecule has 12 nitrogen and oxygen atoms in total. The van der Waals surface area contributed by atoms with Gasteiger partial charge in [-0.25, -0.2) is 9.18 Å². The molecule has 2 fully saturated rings. The van der Waals surface area contributed by atoms with Crippen molar-refractivity contribution < 1.29 is 18.7 Å². The minimum Gasteiger partial charge on any atom is -0.473 e. The van der Waals surface area contributed by atoms with E-state index in [1.807, 2.05) is 21.9 Å². The molecule has 0 N–H and O–H groups in total. The van der Waals surface area contributed by atoms with Crippen molar-refractivity contribution in [2.75, 3.05) is 54.0 Å². The maximum absolute atomic E-state index is 15.1. The first-order valence-corrected chi connectivity index (χ1v) is 11.4. The number of cyclic esters (lactones) is 1. The van der Waals surface area contributed by atoms with E-state index in [2.05, 4.69) is 20.4 Å². The zero-order chi connectivity index (χ0) is 25.8. The molecule has 1 atom stereocenters. The van der Waals surface area contributed by atoms with E-state index in [4.69, 9.17) is 20.0 Å². The highest BCUT2D eigenvalue weighted by atomic mass is 19.1. The largest absolute Gasteiger partial charge is 0.473 e. The molecule has 1 aromatic carbocycles. The summed E-state index contributed by atoms with van der Waals surface area (Å²) in [6, 6.07) is 14.8. The molecule has 2 saturated heterocycles. The average Bonchev–Trinajstić information content (AvgIpc) is 3.32. The first-order chi connectivity index (χ1) is 18.0. The number of ether oxygens (including phenoxy) is 2. The van der Waals surface area contributed by atoms with Crippen molar-refractivity contribution in [2.45, 2.75) is 6.10 Å². The zero-order valence-corrected chi connectivity index (χ0v) is 19.5. The van der Waals surface area contributed by atoms with Gasteiger partial charge in [0.05, 0.1) is 17.9 Å². The topological polar surface area (TPSA) is 144 Å². The number of benzene rings is 1. The number of carbonyl (C=O) groups excluding carboxylic acids is 1. The molecule has 2 aliphatic rings. The lowest BCUT2D eigenvalue weighted by Gasteiger charge is -2.36. The normalized spacial score (nSPS) is 17.2. The molecule has 2 aromatic heterocycles. The maximum Gasteiger partial charge on any atom is 0.414 e. The zero-order valence-electron chi connectivity index (χ0n) is 19.5. The second-order valence-electron chi connectivity index (χ2n) is 8.29. The summed E-state index contributed by atoms with van der Waals surface area (Å²) < 4.78 is 25.9. The molecular weight excluding hydrogens is 481 g/mol. The Bertz CT molecular complexity index is 1360. The minimum absolute atomic E-state index is 0.0390. The van der Waals surface area contributed by atoms with E-state index in [0.717, 1.165) is 0 Å². The number of carbonyl (C=O) groups is 1. The third-order valence-corrected chi connectivity index (χ3v) is 6.00.